The first kappa shape index (κ1) is 15.6. The van der Waals surface area contributed by atoms with Crippen molar-refractivity contribution in [2.45, 2.75) is 0 Å². The minimum Gasteiger partial charge on any atom is -0.263 e. The van der Waals surface area contributed by atoms with Crippen LogP contribution in [0.4, 0.5) is 0 Å². The molecule has 0 bridgehead atoms. The molecular weight excluding hydrogens is 320 g/mol. The highest BCUT2D eigenvalue weighted by Gasteiger charge is 2.40. The highest BCUT2D eigenvalue weighted by Crippen LogP contribution is 2.12. The third-order valence-corrected chi connectivity index (χ3v) is 6.30. The summed E-state index contributed by atoms with van der Waals surface area (Å²) < 4.78 is 103. The lowest BCUT2D eigenvalue weighted by Crippen LogP contribution is -2.25. The van der Waals surface area contributed by atoms with Crippen LogP contribution in [0.5, 0.6) is 0 Å². The molecule has 0 aromatic heterocycles. The van der Waals surface area contributed by atoms with Gasteiger partial charge in [0.05, 0.1) is 0 Å². The summed E-state index contributed by atoms with van der Waals surface area (Å²) in [5.41, 5.74) is 0. The maximum atomic E-state index is 10.5. The number of hydrogen-bond acceptors (Lipinski definition) is 10. The van der Waals surface area contributed by atoms with Crippen LogP contribution in [0.2, 0.25) is 0 Å². The van der Waals surface area contributed by atoms with E-state index >= 15 is 0 Å². The van der Waals surface area contributed by atoms with Gasteiger partial charge in [0.25, 0.3) is 0 Å². The molecule has 0 radical (unpaired) electrons. The molecule has 0 aromatic rings. The third kappa shape index (κ3) is 5.12. The van der Waals surface area contributed by atoms with Crippen LogP contribution in [0.15, 0.2) is 0 Å². The molecule has 0 aliphatic rings. The van der Waals surface area contributed by atoms with E-state index in [-0.39, 0.29) is 0 Å². The fourth-order valence-corrected chi connectivity index (χ4v) is 5.00. The van der Waals surface area contributed by atoms with E-state index < -0.39 is 39.1 Å². The van der Waals surface area contributed by atoms with Crippen LogP contribution in [0, 0.1) is 0 Å². The predicted molar refractivity (Wildman–Crippen MR) is 43.1 cm³/mol. The Bertz CT molecular complexity index is 585. The summed E-state index contributed by atoms with van der Waals surface area (Å²) in [5.74, 6) is 0. The minimum absolute atomic E-state index is 2.65. The fourth-order valence-electron chi connectivity index (χ4n) is 0.279. The lowest BCUT2D eigenvalue weighted by Gasteiger charge is -2.01. The van der Waals surface area contributed by atoms with Gasteiger partial charge >= 0.3 is 39.1 Å². The molecule has 2 N–H and O–H groups in total. The van der Waals surface area contributed by atoms with E-state index in [1.54, 1.807) is 0 Å². The van der Waals surface area contributed by atoms with E-state index in [2.05, 4.69) is 7.26 Å². The van der Waals surface area contributed by atoms with Crippen LogP contribution in [-0.4, -0.2) is 42.8 Å². The maximum absolute atomic E-state index is 10.5. The average molecular weight is 322 g/mol. The fraction of sp³-hybridized carbons (Fsp3) is 0. The molecule has 0 saturated carbocycles. The largest absolute Gasteiger partial charge is 0.417 e. The molecule has 0 heterocycles. The molecule has 12 nitrogen and oxygen atoms in total. The zero-order valence-electron chi connectivity index (χ0n) is 6.61. The first-order valence-electron chi connectivity index (χ1n) is 2.53. The Kier molecular flexibility index (Phi) is 4.05. The zero-order valence-corrected chi connectivity index (χ0v) is 9.88. The lowest BCUT2D eigenvalue weighted by atomic mass is 15.8. The van der Waals surface area contributed by atoms with E-state index in [0.717, 1.165) is 0 Å². The molecule has 0 atom stereocenters. The van der Waals surface area contributed by atoms with Crippen molar-refractivity contribution in [2.24, 2.45) is 0 Å². The van der Waals surface area contributed by atoms with E-state index in [4.69, 9.17) is 9.11 Å². The summed E-state index contributed by atoms with van der Waals surface area (Å²) in [6, 6.07) is 0. The van der Waals surface area contributed by atoms with Crippen LogP contribution >= 0.6 is 0 Å². The monoisotopic (exact) mass is 322 g/mol. The molecule has 0 spiro atoms. The van der Waals surface area contributed by atoms with Gasteiger partial charge in [-0.15, -0.1) is 7.26 Å². The lowest BCUT2D eigenvalue weighted by molar-refractivity contribution is 0.371. The number of rotatable bonds is 5. The van der Waals surface area contributed by atoms with Gasteiger partial charge in [-0.1, -0.05) is 0 Å². The summed E-state index contributed by atoms with van der Waals surface area (Å²) in [5, 5.41) is 0. The van der Waals surface area contributed by atoms with Gasteiger partial charge in [-0.05, 0) is 0 Å². The van der Waals surface area contributed by atoms with Crippen molar-refractivity contribution < 1.29 is 50.0 Å². The van der Waals surface area contributed by atoms with Gasteiger partial charge in [0.2, 0.25) is 0 Å². The molecule has 98 valence electrons. The van der Waals surface area contributed by atoms with Crippen LogP contribution in [-0.2, 0) is 46.4 Å². The van der Waals surface area contributed by atoms with E-state index in [1.807, 2.05) is 0 Å². The molecular formula is H2O12S4. The first-order valence-corrected chi connectivity index (χ1v) is 8.60. The molecule has 0 unspecified atom stereocenters. The van der Waals surface area contributed by atoms with Crippen molar-refractivity contribution in [3.8, 4) is 0 Å². The van der Waals surface area contributed by atoms with Crippen molar-refractivity contribution in [2.75, 3.05) is 0 Å². The van der Waals surface area contributed by atoms with Gasteiger partial charge in [-0.2, -0.15) is 33.7 Å². The topological polar surface area (TPSA) is 195 Å². The normalized spacial score (nSPS) is 14.9. The van der Waals surface area contributed by atoms with Gasteiger partial charge in [0.15, 0.2) is 0 Å². The summed E-state index contributed by atoms with van der Waals surface area (Å²) in [7, 11) is -23.8. The summed E-state index contributed by atoms with van der Waals surface area (Å²) in [4.78, 5) is 0. The SMILES string of the molecule is O=S(=O)(O)OS(=O)(=O)S(=O)(=O)OS(=O)(=O)O. The molecule has 0 aliphatic heterocycles. The van der Waals surface area contributed by atoms with Crippen molar-refractivity contribution in [3.05, 3.63) is 0 Å². The van der Waals surface area contributed by atoms with Crippen molar-refractivity contribution in [1.29, 1.82) is 0 Å². The van der Waals surface area contributed by atoms with Crippen molar-refractivity contribution in [1.82, 2.24) is 0 Å². The van der Waals surface area contributed by atoms with Crippen LogP contribution in [0.3, 0.4) is 0 Å². The highest BCUT2D eigenvalue weighted by atomic mass is 33.2. The Balaban J connectivity index is 5.53. The van der Waals surface area contributed by atoms with E-state index in [9.17, 15) is 33.7 Å². The third-order valence-electron chi connectivity index (χ3n) is 0.589. The smallest absolute Gasteiger partial charge is 0.263 e. The second-order valence-corrected chi connectivity index (χ2v) is 8.69. The molecule has 0 rings (SSSR count). The van der Waals surface area contributed by atoms with Gasteiger partial charge in [0, 0.05) is 0 Å². The summed E-state index contributed by atoms with van der Waals surface area (Å²) in [6.07, 6.45) is 0. The Labute approximate surface area is 89.3 Å². The van der Waals surface area contributed by atoms with Crippen molar-refractivity contribution >= 4 is 39.1 Å². The second-order valence-electron chi connectivity index (χ2n) is 1.81. The van der Waals surface area contributed by atoms with E-state index in [1.165, 1.54) is 0 Å². The minimum atomic E-state index is -6.18. The first-order chi connectivity index (χ1) is 6.66. The molecule has 0 aliphatic carbocycles. The summed E-state index contributed by atoms with van der Waals surface area (Å²) in [6.45, 7) is 0. The molecule has 16 heavy (non-hydrogen) atoms. The molecule has 16 heteroatoms. The van der Waals surface area contributed by atoms with Crippen LogP contribution in [0.1, 0.15) is 0 Å². The Morgan fingerprint density at radius 2 is 0.750 bits per heavy atom. The highest BCUT2D eigenvalue weighted by molar-refractivity contribution is 8.65. The molecule has 0 saturated heterocycles. The van der Waals surface area contributed by atoms with Gasteiger partial charge in [0.1, 0.15) is 0 Å². The maximum Gasteiger partial charge on any atom is 0.417 e. The van der Waals surface area contributed by atoms with E-state index in [0.29, 0.717) is 0 Å². The van der Waals surface area contributed by atoms with Crippen LogP contribution < -0.4 is 0 Å². The number of hydrogen-bond donors (Lipinski definition) is 2. The average Bonchev–Trinajstić information content (AvgIpc) is 1.72. The molecule has 0 aromatic carbocycles. The Hall–Kier alpha value is -0.360. The zero-order chi connectivity index (χ0) is 13.4. The quantitative estimate of drug-likeness (QED) is 0.390. The predicted octanol–water partition coefficient (Wildman–Crippen LogP) is -2.80. The standard InChI is InChI=1S/H2O12S4/c1-13(2,3)11-15(7,8)16(9,10)12-14(4,5)6/h(H,1,2,3)(H,4,5,6). The van der Waals surface area contributed by atoms with Gasteiger partial charge < -0.3 is 0 Å². The van der Waals surface area contributed by atoms with Gasteiger partial charge in [-0.3, -0.25) is 9.11 Å². The Morgan fingerprint density at radius 3 is 0.875 bits per heavy atom. The Morgan fingerprint density at radius 1 is 0.562 bits per heavy atom. The molecule has 0 fully saturated rings. The van der Waals surface area contributed by atoms with Crippen LogP contribution in [0.25, 0.3) is 0 Å². The van der Waals surface area contributed by atoms with Gasteiger partial charge in [-0.25, -0.2) is 0 Å². The molecule has 0 amide bonds. The van der Waals surface area contributed by atoms with Crippen molar-refractivity contribution in [3.63, 3.8) is 0 Å². The summed E-state index contributed by atoms with van der Waals surface area (Å²) >= 11 is 0. The second kappa shape index (κ2) is 4.14.